The predicted molar refractivity (Wildman–Crippen MR) is 141 cm³/mol. The highest BCUT2D eigenvalue weighted by Crippen LogP contribution is 2.40. The van der Waals surface area contributed by atoms with Crippen LogP contribution < -0.4 is 5.32 Å². The molecule has 0 saturated carbocycles. The van der Waals surface area contributed by atoms with Crippen LogP contribution in [0.2, 0.25) is 0 Å². The molecule has 0 amide bonds. The van der Waals surface area contributed by atoms with E-state index >= 15 is 0 Å². The number of nitrogens with one attached hydrogen (secondary N) is 1. The van der Waals surface area contributed by atoms with Gasteiger partial charge in [0.05, 0.1) is 22.0 Å². The van der Waals surface area contributed by atoms with Crippen molar-refractivity contribution in [2.45, 2.75) is 58.0 Å². The number of benzene rings is 1. The maximum Gasteiger partial charge on any atom is 0.336 e. The van der Waals surface area contributed by atoms with Gasteiger partial charge in [-0.05, 0) is 29.9 Å². The maximum absolute atomic E-state index is 13.2. The molecule has 0 saturated heterocycles. The average Bonchev–Trinajstić information content (AvgIpc) is 2.78. The predicted octanol–water partition coefficient (Wildman–Crippen LogP) is 5.20. The molecule has 10 heteroatoms. The summed E-state index contributed by atoms with van der Waals surface area (Å²) >= 11 is 3.35. The van der Waals surface area contributed by atoms with Crippen molar-refractivity contribution in [1.29, 1.82) is 0 Å². The first-order valence-corrected chi connectivity index (χ1v) is 13.6. The Balaban J connectivity index is 2.41. The van der Waals surface area contributed by atoms with Crippen LogP contribution in [-0.4, -0.2) is 52.1 Å². The Bertz CT molecular complexity index is 953. The van der Waals surface area contributed by atoms with Crippen molar-refractivity contribution in [2.24, 2.45) is 0 Å². The summed E-state index contributed by atoms with van der Waals surface area (Å²) in [4.78, 5) is 37.4. The molecule has 0 aliphatic carbocycles. The van der Waals surface area contributed by atoms with Crippen LogP contribution in [0.3, 0.4) is 0 Å². The van der Waals surface area contributed by atoms with Crippen molar-refractivity contribution in [3.05, 3.63) is 62.5 Å². The van der Waals surface area contributed by atoms with Gasteiger partial charge in [0.25, 0.3) is 5.69 Å². The molecular formula is C25H34N2O6S2. The van der Waals surface area contributed by atoms with Gasteiger partial charge in [0, 0.05) is 35.0 Å². The standard InChI is InChI=1S/C25H34N2O6S2/c1-15(2)34-12-10-32-24(28)21-17(5)26-18(6)22(25(29)33-11-13-35-16(3)4)23(21)19-8-7-9-20(14-19)27(30)31/h7-9,14-16,23,26H,10-13H2,1-6H3. The number of non-ortho nitro benzene ring substituents is 1. The van der Waals surface area contributed by atoms with E-state index in [4.69, 9.17) is 9.47 Å². The third-order valence-electron chi connectivity index (χ3n) is 5.15. The number of esters is 2. The number of hydrogen-bond donors (Lipinski definition) is 1. The van der Waals surface area contributed by atoms with Gasteiger partial charge in [-0.3, -0.25) is 10.1 Å². The van der Waals surface area contributed by atoms with Crippen LogP contribution in [0.4, 0.5) is 5.69 Å². The van der Waals surface area contributed by atoms with Gasteiger partial charge in [-0.1, -0.05) is 39.8 Å². The number of nitro groups is 1. The molecule has 1 aromatic carbocycles. The van der Waals surface area contributed by atoms with Gasteiger partial charge in [-0.15, -0.1) is 0 Å². The van der Waals surface area contributed by atoms with Crippen molar-refractivity contribution in [3.8, 4) is 0 Å². The average molecular weight is 523 g/mol. The topological polar surface area (TPSA) is 108 Å². The summed E-state index contributed by atoms with van der Waals surface area (Å²) in [6, 6.07) is 5.98. The molecule has 1 N–H and O–H groups in total. The number of hydrogen-bond acceptors (Lipinski definition) is 9. The van der Waals surface area contributed by atoms with Gasteiger partial charge in [0.15, 0.2) is 0 Å². The number of carbonyl (C=O) groups is 2. The fourth-order valence-corrected chi connectivity index (χ4v) is 4.98. The number of allylic oxidation sites excluding steroid dienone is 2. The second-order valence-electron chi connectivity index (χ2n) is 8.60. The highest BCUT2D eigenvalue weighted by molar-refractivity contribution is 8.00. The molecule has 2 rings (SSSR count). The molecule has 1 aliphatic heterocycles. The summed E-state index contributed by atoms with van der Waals surface area (Å²) in [5.74, 6) is -0.705. The number of nitrogens with zero attached hydrogens (tertiary/aromatic N) is 1. The van der Waals surface area contributed by atoms with Crippen LogP contribution in [0.25, 0.3) is 0 Å². The van der Waals surface area contributed by atoms with Gasteiger partial charge < -0.3 is 14.8 Å². The van der Waals surface area contributed by atoms with Crippen LogP contribution in [0.5, 0.6) is 0 Å². The molecule has 0 unspecified atom stereocenters. The van der Waals surface area contributed by atoms with E-state index in [9.17, 15) is 19.7 Å². The first-order valence-electron chi connectivity index (χ1n) is 11.5. The highest BCUT2D eigenvalue weighted by Gasteiger charge is 2.38. The largest absolute Gasteiger partial charge is 0.461 e. The molecule has 0 fully saturated rings. The highest BCUT2D eigenvalue weighted by atomic mass is 32.2. The Morgan fingerprint density at radius 2 is 1.46 bits per heavy atom. The number of rotatable bonds is 12. The first-order chi connectivity index (χ1) is 16.5. The minimum absolute atomic E-state index is 0.126. The molecule has 8 nitrogen and oxygen atoms in total. The van der Waals surface area contributed by atoms with Crippen molar-refractivity contribution >= 4 is 41.1 Å². The molecule has 0 aromatic heterocycles. The van der Waals surface area contributed by atoms with Crippen molar-refractivity contribution in [1.82, 2.24) is 5.32 Å². The summed E-state index contributed by atoms with van der Waals surface area (Å²) < 4.78 is 11.1. The van der Waals surface area contributed by atoms with E-state index in [-0.39, 0.29) is 30.0 Å². The number of ether oxygens (including phenoxy) is 2. The Morgan fingerprint density at radius 1 is 0.971 bits per heavy atom. The molecule has 0 radical (unpaired) electrons. The molecule has 1 heterocycles. The van der Waals surface area contributed by atoms with Gasteiger partial charge in [-0.2, -0.15) is 23.5 Å². The lowest BCUT2D eigenvalue weighted by molar-refractivity contribution is -0.384. The SMILES string of the molecule is CC1=C(C(=O)OCCSC(C)C)C(c2cccc([N+](=O)[O-])c2)C(C(=O)OCCSC(C)C)=C(C)N1. The Labute approximate surface area is 215 Å². The molecule has 0 atom stereocenters. The van der Waals surface area contributed by atoms with Gasteiger partial charge >= 0.3 is 11.9 Å². The second-order valence-corrected chi connectivity index (χ2v) is 12.0. The monoisotopic (exact) mass is 522 g/mol. The minimum Gasteiger partial charge on any atom is -0.461 e. The fraction of sp³-hybridized carbons (Fsp3) is 0.520. The number of carbonyl (C=O) groups excluding carboxylic acids is 2. The Morgan fingerprint density at radius 3 is 1.89 bits per heavy atom. The van der Waals surface area contributed by atoms with Crippen molar-refractivity contribution in [3.63, 3.8) is 0 Å². The number of dihydropyridines is 1. The Kier molecular flexibility index (Phi) is 11.2. The van der Waals surface area contributed by atoms with Crippen molar-refractivity contribution in [2.75, 3.05) is 24.7 Å². The van der Waals surface area contributed by atoms with E-state index in [0.29, 0.717) is 39.0 Å². The number of nitro benzene ring substituents is 1. The number of thioether (sulfide) groups is 2. The van der Waals surface area contributed by atoms with Crippen LogP contribution in [0.15, 0.2) is 46.8 Å². The van der Waals surface area contributed by atoms with E-state index in [1.54, 1.807) is 49.5 Å². The van der Waals surface area contributed by atoms with Gasteiger partial charge in [0.1, 0.15) is 13.2 Å². The third kappa shape index (κ3) is 8.31. The summed E-state index contributed by atoms with van der Waals surface area (Å²) in [7, 11) is 0. The van der Waals surface area contributed by atoms with E-state index in [1.807, 2.05) is 0 Å². The molecule has 0 spiro atoms. The first kappa shape index (κ1) is 28.8. The smallest absolute Gasteiger partial charge is 0.336 e. The quantitative estimate of drug-likeness (QED) is 0.171. The molecule has 0 bridgehead atoms. The summed E-state index contributed by atoms with van der Waals surface area (Å²) in [6.07, 6.45) is 0. The van der Waals surface area contributed by atoms with E-state index < -0.39 is 22.8 Å². The van der Waals surface area contributed by atoms with Crippen LogP contribution in [0, 0.1) is 10.1 Å². The summed E-state index contributed by atoms with van der Waals surface area (Å²) in [5.41, 5.74) is 1.88. The Hall–Kier alpha value is -2.46. The summed E-state index contributed by atoms with van der Waals surface area (Å²) in [6.45, 7) is 12.1. The molecule has 1 aliphatic rings. The van der Waals surface area contributed by atoms with Crippen LogP contribution >= 0.6 is 23.5 Å². The lowest BCUT2D eigenvalue weighted by atomic mass is 9.80. The third-order valence-corrected chi connectivity index (χ3v) is 7.29. The molecule has 35 heavy (non-hydrogen) atoms. The minimum atomic E-state index is -0.855. The fourth-order valence-electron chi connectivity index (χ4n) is 3.68. The summed E-state index contributed by atoms with van der Waals surface area (Å²) in [5, 5.41) is 15.4. The molecular weight excluding hydrogens is 488 g/mol. The molecule has 192 valence electrons. The maximum atomic E-state index is 13.2. The van der Waals surface area contributed by atoms with Crippen molar-refractivity contribution < 1.29 is 24.0 Å². The van der Waals surface area contributed by atoms with Gasteiger partial charge in [0.2, 0.25) is 0 Å². The normalized spacial score (nSPS) is 14.4. The zero-order valence-corrected chi connectivity index (χ0v) is 22.7. The zero-order chi connectivity index (χ0) is 26.1. The molecule has 1 aromatic rings. The van der Waals surface area contributed by atoms with E-state index in [1.165, 1.54) is 12.1 Å². The lowest BCUT2D eigenvalue weighted by Crippen LogP contribution is -2.33. The zero-order valence-electron chi connectivity index (χ0n) is 21.1. The van der Waals surface area contributed by atoms with E-state index in [2.05, 4.69) is 33.0 Å². The second kappa shape index (κ2) is 13.6. The van der Waals surface area contributed by atoms with Gasteiger partial charge in [-0.25, -0.2) is 9.59 Å². The van der Waals surface area contributed by atoms with Crippen LogP contribution in [0.1, 0.15) is 53.0 Å². The van der Waals surface area contributed by atoms with E-state index in [0.717, 1.165) is 0 Å². The lowest BCUT2D eigenvalue weighted by Gasteiger charge is -2.30. The van der Waals surface area contributed by atoms with Crippen LogP contribution in [-0.2, 0) is 19.1 Å².